The van der Waals surface area contributed by atoms with Crippen LogP contribution in [0.15, 0.2) is 12.1 Å². The molecule has 3 rings (SSSR count). The maximum atomic E-state index is 12.9. The van der Waals surface area contributed by atoms with Gasteiger partial charge in [0.1, 0.15) is 6.10 Å². The van der Waals surface area contributed by atoms with Crippen molar-refractivity contribution in [2.45, 2.75) is 38.7 Å². The molecule has 1 aromatic carbocycles. The van der Waals surface area contributed by atoms with Crippen LogP contribution >= 0.6 is 0 Å². The van der Waals surface area contributed by atoms with Gasteiger partial charge in [0, 0.05) is 18.3 Å². The van der Waals surface area contributed by atoms with Crippen molar-refractivity contribution in [2.75, 3.05) is 41.0 Å². The van der Waals surface area contributed by atoms with Gasteiger partial charge in [0.2, 0.25) is 5.75 Å². The standard InChI is InChI=1S/C21H31NO5.BrH/c1-5-22-10-9-16-14(13-22)7-6-8-17(16)27-21(23)15-11-18(24-2)20(26-4)19(12-15)25-3;/h11-12,14,16-17H,5-10,13H2,1-4H3;1H. The molecule has 2 fully saturated rings. The number of halogens is 1. The van der Waals surface area contributed by atoms with Crippen molar-refractivity contribution < 1.29 is 45.6 Å². The maximum absolute atomic E-state index is 12.9. The molecule has 0 radical (unpaired) electrons. The molecule has 28 heavy (non-hydrogen) atoms. The van der Waals surface area contributed by atoms with Crippen molar-refractivity contribution in [3.63, 3.8) is 0 Å². The second-order valence-electron chi connectivity index (χ2n) is 7.56. The second-order valence-corrected chi connectivity index (χ2v) is 7.56. The number of nitrogens with one attached hydrogen (secondary N) is 1. The topological polar surface area (TPSA) is 58.4 Å². The van der Waals surface area contributed by atoms with Crippen LogP contribution in [-0.4, -0.2) is 53.0 Å². The predicted molar refractivity (Wildman–Crippen MR) is 102 cm³/mol. The van der Waals surface area contributed by atoms with Gasteiger partial charge in [-0.25, -0.2) is 4.79 Å². The molecule has 158 valence electrons. The lowest BCUT2D eigenvalue weighted by molar-refractivity contribution is -0.909. The zero-order valence-corrected chi connectivity index (χ0v) is 18.8. The number of esters is 1. The molecular weight excluding hydrogens is 426 g/mol. The summed E-state index contributed by atoms with van der Waals surface area (Å²) in [6.45, 7) is 5.81. The molecule has 1 aliphatic carbocycles. The molecule has 2 aliphatic rings. The average Bonchev–Trinajstić information content (AvgIpc) is 2.72. The second kappa shape index (κ2) is 10.3. The van der Waals surface area contributed by atoms with Crippen LogP contribution in [0, 0.1) is 11.8 Å². The molecule has 1 aromatic rings. The van der Waals surface area contributed by atoms with Crippen molar-refractivity contribution in [3.05, 3.63) is 17.7 Å². The summed E-state index contributed by atoms with van der Waals surface area (Å²) in [5, 5.41) is 0. The summed E-state index contributed by atoms with van der Waals surface area (Å²) < 4.78 is 22.0. The number of hydrogen-bond acceptors (Lipinski definition) is 5. The van der Waals surface area contributed by atoms with Crippen LogP contribution in [0.4, 0.5) is 0 Å². The maximum Gasteiger partial charge on any atom is 0.338 e. The fourth-order valence-electron chi connectivity index (χ4n) is 4.70. The van der Waals surface area contributed by atoms with Gasteiger partial charge in [0.05, 0.1) is 46.5 Å². The molecule has 6 nitrogen and oxygen atoms in total. The Labute approximate surface area is 178 Å². The fourth-order valence-corrected chi connectivity index (χ4v) is 4.70. The molecule has 0 aromatic heterocycles. The summed E-state index contributed by atoms with van der Waals surface area (Å²) in [6.07, 6.45) is 4.49. The van der Waals surface area contributed by atoms with Crippen LogP contribution < -0.4 is 36.1 Å². The minimum absolute atomic E-state index is 0. The van der Waals surface area contributed by atoms with E-state index < -0.39 is 0 Å². The Bertz CT molecular complexity index is 643. The Kier molecular flexibility index (Phi) is 8.43. The highest BCUT2D eigenvalue weighted by Crippen LogP contribution is 2.39. The molecule has 0 bridgehead atoms. The first-order chi connectivity index (χ1) is 13.1. The lowest BCUT2D eigenvalue weighted by atomic mass is 9.73. The summed E-state index contributed by atoms with van der Waals surface area (Å²) in [4.78, 5) is 14.5. The SMILES string of the molecule is CC[NH+]1CCC2C(CCCC2OC(=O)c2cc(OC)c(OC)c(OC)c2)C1.[Br-]. The van der Waals surface area contributed by atoms with Gasteiger partial charge in [0.25, 0.3) is 0 Å². The third-order valence-electron chi connectivity index (χ3n) is 6.19. The van der Waals surface area contributed by atoms with Crippen molar-refractivity contribution in [3.8, 4) is 17.2 Å². The summed E-state index contributed by atoms with van der Waals surface area (Å²) in [5.41, 5.74) is 0.434. The van der Waals surface area contributed by atoms with E-state index in [2.05, 4.69) is 6.92 Å². The highest BCUT2D eigenvalue weighted by atomic mass is 79.9. The molecular formula is C21H32BrNO5. The van der Waals surface area contributed by atoms with Gasteiger partial charge >= 0.3 is 5.97 Å². The molecule has 0 amide bonds. The first-order valence-corrected chi connectivity index (χ1v) is 9.95. The molecule has 4 atom stereocenters. The Balaban J connectivity index is 0.00000280. The van der Waals surface area contributed by atoms with Crippen molar-refractivity contribution >= 4 is 5.97 Å². The number of methoxy groups -OCH3 is 3. The van der Waals surface area contributed by atoms with E-state index in [4.69, 9.17) is 18.9 Å². The zero-order chi connectivity index (χ0) is 19.4. The number of benzene rings is 1. The molecule has 1 aliphatic heterocycles. The van der Waals surface area contributed by atoms with Gasteiger partial charge in [-0.15, -0.1) is 0 Å². The first kappa shape index (κ1) is 22.8. The minimum Gasteiger partial charge on any atom is -1.00 e. The quantitative estimate of drug-likeness (QED) is 0.553. The number of fused-ring (bicyclic) bond motifs is 1. The number of likely N-dealkylation sites (tertiary alicyclic amines) is 1. The largest absolute Gasteiger partial charge is 1.00 e. The van der Waals surface area contributed by atoms with Gasteiger partial charge in [-0.05, 0) is 38.3 Å². The van der Waals surface area contributed by atoms with Crippen molar-refractivity contribution in [2.24, 2.45) is 11.8 Å². The monoisotopic (exact) mass is 457 g/mol. The van der Waals surface area contributed by atoms with Gasteiger partial charge in [0.15, 0.2) is 11.5 Å². The van der Waals surface area contributed by atoms with Crippen LogP contribution in [-0.2, 0) is 4.74 Å². The van der Waals surface area contributed by atoms with Gasteiger partial charge in [-0.2, -0.15) is 0 Å². The first-order valence-electron chi connectivity index (χ1n) is 9.95. The number of carbonyl (C=O) groups excluding carboxylic acids is 1. The van der Waals surface area contributed by atoms with E-state index in [0.29, 0.717) is 34.6 Å². The summed E-state index contributed by atoms with van der Waals surface area (Å²) in [5.74, 6) is 2.24. The molecule has 1 heterocycles. The van der Waals surface area contributed by atoms with E-state index >= 15 is 0 Å². The van der Waals surface area contributed by atoms with E-state index in [0.717, 1.165) is 19.3 Å². The zero-order valence-electron chi connectivity index (χ0n) is 17.3. The number of carbonyl (C=O) groups is 1. The van der Waals surface area contributed by atoms with E-state index in [1.807, 2.05) is 0 Å². The third kappa shape index (κ3) is 4.74. The van der Waals surface area contributed by atoms with Crippen LogP contribution in [0.25, 0.3) is 0 Å². The number of rotatable bonds is 6. The van der Waals surface area contributed by atoms with Crippen LogP contribution in [0.5, 0.6) is 17.2 Å². The van der Waals surface area contributed by atoms with E-state index in [-0.39, 0.29) is 29.1 Å². The average molecular weight is 458 g/mol. The number of hydrogen-bond donors (Lipinski definition) is 1. The number of piperidine rings is 1. The van der Waals surface area contributed by atoms with Crippen LogP contribution in [0.1, 0.15) is 43.0 Å². The smallest absolute Gasteiger partial charge is 0.338 e. The molecule has 0 spiro atoms. The Morgan fingerprint density at radius 3 is 2.32 bits per heavy atom. The van der Waals surface area contributed by atoms with Crippen molar-refractivity contribution in [1.82, 2.24) is 0 Å². The van der Waals surface area contributed by atoms with Gasteiger partial charge in [-0.1, -0.05) is 0 Å². The highest BCUT2D eigenvalue weighted by molar-refractivity contribution is 5.91. The molecule has 7 heteroatoms. The third-order valence-corrected chi connectivity index (χ3v) is 6.19. The molecule has 1 saturated carbocycles. The number of quaternary nitrogens is 1. The van der Waals surface area contributed by atoms with E-state index in [9.17, 15) is 4.79 Å². The Hall–Kier alpha value is -1.47. The summed E-state index contributed by atoms with van der Waals surface area (Å²) in [6, 6.07) is 3.32. The normalized spacial score (nSPS) is 26.4. The van der Waals surface area contributed by atoms with Crippen LogP contribution in [0.3, 0.4) is 0 Å². The highest BCUT2D eigenvalue weighted by Gasteiger charge is 2.41. The van der Waals surface area contributed by atoms with E-state index in [1.54, 1.807) is 38.4 Å². The molecule has 1 saturated heterocycles. The molecule has 1 N–H and O–H groups in total. The van der Waals surface area contributed by atoms with Gasteiger partial charge in [-0.3, -0.25) is 0 Å². The fraction of sp³-hybridized carbons (Fsp3) is 0.667. The number of ether oxygens (including phenoxy) is 4. The minimum atomic E-state index is -0.315. The Morgan fingerprint density at radius 1 is 1.07 bits per heavy atom. The Morgan fingerprint density at radius 2 is 1.75 bits per heavy atom. The van der Waals surface area contributed by atoms with Crippen LogP contribution in [0.2, 0.25) is 0 Å². The lowest BCUT2D eigenvalue weighted by Crippen LogP contribution is -3.13. The van der Waals surface area contributed by atoms with E-state index in [1.165, 1.54) is 26.1 Å². The summed E-state index contributed by atoms with van der Waals surface area (Å²) in [7, 11) is 4.63. The molecule has 4 unspecified atom stereocenters. The van der Waals surface area contributed by atoms with Gasteiger partial charge < -0.3 is 40.8 Å². The van der Waals surface area contributed by atoms with Crippen molar-refractivity contribution in [1.29, 1.82) is 0 Å². The predicted octanol–water partition coefficient (Wildman–Crippen LogP) is -1.03. The lowest BCUT2D eigenvalue weighted by Gasteiger charge is -2.42. The summed E-state index contributed by atoms with van der Waals surface area (Å²) >= 11 is 0.